The number of aromatic nitrogens is 1. The van der Waals surface area contributed by atoms with Gasteiger partial charge in [0.2, 0.25) is 0 Å². The number of hydrogen-bond donors (Lipinski definition) is 1. The SMILES string of the molecule is O=C(NC1CCC1)c1cc2sc(Cl)nc2s1. The van der Waals surface area contributed by atoms with Crippen LogP contribution in [0.3, 0.4) is 0 Å². The van der Waals surface area contributed by atoms with Crippen molar-refractivity contribution in [3.8, 4) is 0 Å². The average molecular weight is 273 g/mol. The quantitative estimate of drug-likeness (QED) is 0.911. The molecule has 1 N–H and O–H groups in total. The average Bonchev–Trinajstić information content (AvgIpc) is 2.67. The van der Waals surface area contributed by atoms with Gasteiger partial charge in [-0.3, -0.25) is 4.79 Å². The van der Waals surface area contributed by atoms with Gasteiger partial charge in [-0.15, -0.1) is 22.7 Å². The zero-order valence-electron chi connectivity index (χ0n) is 8.33. The summed E-state index contributed by atoms with van der Waals surface area (Å²) in [5.74, 6) is 0.0241. The molecule has 2 aromatic rings. The first kappa shape index (κ1) is 10.5. The van der Waals surface area contributed by atoms with E-state index in [1.807, 2.05) is 6.07 Å². The highest BCUT2D eigenvalue weighted by Gasteiger charge is 2.21. The number of nitrogens with zero attached hydrogens (tertiary/aromatic N) is 1. The Balaban J connectivity index is 1.81. The maximum Gasteiger partial charge on any atom is 0.261 e. The number of thiazole rings is 1. The molecular weight excluding hydrogens is 264 g/mol. The Kier molecular flexibility index (Phi) is 2.61. The fourth-order valence-electron chi connectivity index (χ4n) is 1.63. The summed E-state index contributed by atoms with van der Waals surface area (Å²) >= 11 is 8.61. The molecule has 3 rings (SSSR count). The van der Waals surface area contributed by atoms with Crippen LogP contribution in [0.4, 0.5) is 0 Å². The van der Waals surface area contributed by atoms with E-state index in [-0.39, 0.29) is 5.91 Å². The van der Waals surface area contributed by atoms with Crippen molar-refractivity contribution < 1.29 is 4.79 Å². The topological polar surface area (TPSA) is 42.0 Å². The van der Waals surface area contributed by atoms with Gasteiger partial charge in [0.15, 0.2) is 4.47 Å². The van der Waals surface area contributed by atoms with Crippen molar-refractivity contribution in [2.75, 3.05) is 0 Å². The van der Waals surface area contributed by atoms with Crippen molar-refractivity contribution in [3.05, 3.63) is 15.4 Å². The molecule has 6 heteroatoms. The number of hydrogen-bond acceptors (Lipinski definition) is 4. The summed E-state index contributed by atoms with van der Waals surface area (Å²) in [6, 6.07) is 2.25. The molecule has 0 aromatic carbocycles. The van der Waals surface area contributed by atoms with Crippen molar-refractivity contribution in [2.24, 2.45) is 0 Å². The second-order valence-electron chi connectivity index (χ2n) is 3.85. The van der Waals surface area contributed by atoms with Crippen LogP contribution in [0.5, 0.6) is 0 Å². The van der Waals surface area contributed by atoms with Crippen LogP contribution in [0.1, 0.15) is 28.9 Å². The number of rotatable bonds is 2. The van der Waals surface area contributed by atoms with Crippen LogP contribution in [0.2, 0.25) is 4.47 Å². The smallest absolute Gasteiger partial charge is 0.261 e. The van der Waals surface area contributed by atoms with Crippen molar-refractivity contribution in [3.63, 3.8) is 0 Å². The first-order valence-corrected chi connectivity index (χ1v) is 7.10. The molecule has 3 nitrogen and oxygen atoms in total. The lowest BCUT2D eigenvalue weighted by Gasteiger charge is -2.25. The van der Waals surface area contributed by atoms with Gasteiger partial charge in [-0.25, -0.2) is 4.98 Å². The zero-order chi connectivity index (χ0) is 11.1. The summed E-state index contributed by atoms with van der Waals surface area (Å²) in [4.78, 5) is 17.6. The van der Waals surface area contributed by atoms with E-state index in [1.165, 1.54) is 29.1 Å². The van der Waals surface area contributed by atoms with Crippen LogP contribution in [0.25, 0.3) is 9.53 Å². The van der Waals surface area contributed by atoms with Gasteiger partial charge in [0.1, 0.15) is 4.83 Å². The van der Waals surface area contributed by atoms with Crippen LogP contribution >= 0.6 is 34.3 Å². The molecule has 2 heterocycles. The summed E-state index contributed by atoms with van der Waals surface area (Å²) in [6.07, 6.45) is 3.44. The van der Waals surface area contributed by atoms with Crippen LogP contribution in [-0.4, -0.2) is 16.9 Å². The number of amides is 1. The first-order valence-electron chi connectivity index (χ1n) is 5.09. The molecule has 0 bridgehead atoms. The van der Waals surface area contributed by atoms with Gasteiger partial charge < -0.3 is 5.32 Å². The lowest BCUT2D eigenvalue weighted by Crippen LogP contribution is -2.39. The molecule has 1 saturated carbocycles. The van der Waals surface area contributed by atoms with E-state index in [9.17, 15) is 4.79 Å². The minimum Gasteiger partial charge on any atom is -0.349 e. The normalized spacial score (nSPS) is 16.3. The molecule has 0 atom stereocenters. The lowest BCUT2D eigenvalue weighted by molar-refractivity contribution is 0.0921. The van der Waals surface area contributed by atoms with Crippen LogP contribution in [-0.2, 0) is 0 Å². The Labute approximate surface area is 105 Å². The van der Waals surface area contributed by atoms with Crippen molar-refractivity contribution in [1.82, 2.24) is 10.3 Å². The van der Waals surface area contributed by atoms with Gasteiger partial charge in [0, 0.05) is 6.04 Å². The molecule has 0 unspecified atom stereocenters. The van der Waals surface area contributed by atoms with E-state index < -0.39 is 0 Å². The van der Waals surface area contributed by atoms with E-state index in [0.29, 0.717) is 10.5 Å². The Morgan fingerprint density at radius 3 is 2.94 bits per heavy atom. The number of fused-ring (bicyclic) bond motifs is 1. The lowest BCUT2D eigenvalue weighted by atomic mass is 9.93. The summed E-state index contributed by atoms with van der Waals surface area (Å²) in [5, 5.41) is 3.01. The Morgan fingerprint density at radius 1 is 1.50 bits per heavy atom. The molecule has 0 aliphatic heterocycles. The maximum absolute atomic E-state index is 11.8. The van der Waals surface area contributed by atoms with Gasteiger partial charge in [-0.2, -0.15) is 0 Å². The van der Waals surface area contributed by atoms with Crippen molar-refractivity contribution >= 4 is 49.7 Å². The Morgan fingerprint density at radius 2 is 2.31 bits per heavy atom. The predicted octanol–water partition coefficient (Wildman–Crippen LogP) is 3.29. The molecule has 84 valence electrons. The van der Waals surface area contributed by atoms with Gasteiger partial charge in [0.05, 0.1) is 9.58 Å². The van der Waals surface area contributed by atoms with Crippen LogP contribution in [0, 0.1) is 0 Å². The minimum atomic E-state index is 0.0241. The zero-order valence-corrected chi connectivity index (χ0v) is 10.7. The molecule has 1 aliphatic rings. The Hall–Kier alpha value is -0.650. The molecule has 0 radical (unpaired) electrons. The van der Waals surface area contributed by atoms with Crippen molar-refractivity contribution in [2.45, 2.75) is 25.3 Å². The number of carbonyl (C=O) groups excluding carboxylic acids is 1. The number of carbonyl (C=O) groups is 1. The third-order valence-corrected chi connectivity index (χ3v) is 4.99. The first-order chi connectivity index (χ1) is 7.72. The monoisotopic (exact) mass is 272 g/mol. The molecule has 1 aliphatic carbocycles. The van der Waals surface area contributed by atoms with Crippen LogP contribution in [0.15, 0.2) is 6.07 Å². The fraction of sp³-hybridized carbons (Fsp3) is 0.400. The van der Waals surface area contributed by atoms with Crippen LogP contribution < -0.4 is 5.32 Å². The molecule has 2 aromatic heterocycles. The summed E-state index contributed by atoms with van der Waals surface area (Å²) in [6.45, 7) is 0. The molecule has 1 amide bonds. The summed E-state index contributed by atoms with van der Waals surface area (Å²) in [5.41, 5.74) is 0. The van der Waals surface area contributed by atoms with E-state index >= 15 is 0 Å². The number of thiophene rings is 1. The minimum absolute atomic E-state index is 0.0241. The van der Waals surface area contributed by atoms with Gasteiger partial charge in [0.25, 0.3) is 5.91 Å². The highest BCUT2D eigenvalue weighted by Crippen LogP contribution is 2.32. The van der Waals surface area contributed by atoms with E-state index in [1.54, 1.807) is 0 Å². The predicted molar refractivity (Wildman–Crippen MR) is 67.6 cm³/mol. The Bertz CT molecular complexity index is 512. The number of halogens is 1. The molecule has 0 saturated heterocycles. The van der Waals surface area contributed by atoms with Gasteiger partial charge >= 0.3 is 0 Å². The summed E-state index contributed by atoms with van der Waals surface area (Å²) in [7, 11) is 0. The van der Waals surface area contributed by atoms with Gasteiger partial charge in [-0.1, -0.05) is 11.6 Å². The highest BCUT2D eigenvalue weighted by molar-refractivity contribution is 7.29. The second kappa shape index (κ2) is 3.98. The molecule has 0 spiro atoms. The standard InChI is InChI=1S/C10H9ClN2OS2/c11-10-13-9-7(16-10)4-6(15-9)8(14)12-5-2-1-3-5/h4-5H,1-3H2,(H,12,14). The third-order valence-electron chi connectivity index (χ3n) is 2.73. The largest absolute Gasteiger partial charge is 0.349 e. The molecular formula is C10H9ClN2OS2. The van der Waals surface area contributed by atoms with Crippen molar-refractivity contribution in [1.29, 1.82) is 0 Å². The van der Waals surface area contributed by atoms with E-state index in [2.05, 4.69) is 10.3 Å². The van der Waals surface area contributed by atoms with E-state index in [0.717, 1.165) is 27.2 Å². The molecule has 1 fully saturated rings. The highest BCUT2D eigenvalue weighted by atomic mass is 35.5. The molecule has 16 heavy (non-hydrogen) atoms. The maximum atomic E-state index is 11.8. The second-order valence-corrected chi connectivity index (χ2v) is 6.49. The summed E-state index contributed by atoms with van der Waals surface area (Å²) < 4.78 is 1.53. The fourth-order valence-corrected chi connectivity index (χ4v) is 3.86. The third kappa shape index (κ3) is 1.83. The van der Waals surface area contributed by atoms with E-state index in [4.69, 9.17) is 11.6 Å². The van der Waals surface area contributed by atoms with Gasteiger partial charge in [-0.05, 0) is 25.3 Å². The number of nitrogens with one attached hydrogen (secondary N) is 1.